The van der Waals surface area contributed by atoms with Gasteiger partial charge in [0.1, 0.15) is 0 Å². The fourth-order valence-corrected chi connectivity index (χ4v) is 3.23. The van der Waals surface area contributed by atoms with Gasteiger partial charge in [-0.05, 0) is 67.2 Å². The average molecular weight is 355 g/mol. The Hall–Kier alpha value is -1.56. The van der Waals surface area contributed by atoms with E-state index in [4.69, 9.17) is 5.11 Å². The Balaban J connectivity index is 2.14. The molecule has 0 aliphatic carbocycles. The Morgan fingerprint density at radius 2 is 1.90 bits per heavy atom. The number of carbonyl (C=O) groups excluding carboxylic acids is 1. The molecule has 6 heteroatoms. The van der Waals surface area contributed by atoms with Gasteiger partial charge in [0, 0.05) is 16.6 Å². The van der Waals surface area contributed by atoms with Crippen LogP contribution in [0.2, 0.25) is 0 Å². The molecule has 0 saturated carbocycles. The molecule has 1 heterocycles. The van der Waals surface area contributed by atoms with Crippen molar-refractivity contribution >= 4 is 33.6 Å². The zero-order valence-electron chi connectivity index (χ0n) is 12.1. The van der Waals surface area contributed by atoms with Crippen LogP contribution in [0.25, 0.3) is 0 Å². The molecule has 2 atom stereocenters. The molecule has 0 aromatic heterocycles. The molecule has 0 radical (unpaired) electrons. The number of benzene rings is 1. The number of likely N-dealkylation sites (tertiary alicyclic amines) is 1. The summed E-state index contributed by atoms with van der Waals surface area (Å²) in [6.45, 7) is 4.11. The first-order valence-electron chi connectivity index (χ1n) is 7.02. The number of nitrogens with one attached hydrogen (secondary N) is 1. The molecule has 2 rings (SSSR count). The van der Waals surface area contributed by atoms with Gasteiger partial charge in [0.25, 0.3) is 0 Å². The van der Waals surface area contributed by atoms with Crippen LogP contribution in [0.15, 0.2) is 22.7 Å². The first-order valence-corrected chi connectivity index (χ1v) is 7.81. The van der Waals surface area contributed by atoms with E-state index in [-0.39, 0.29) is 23.7 Å². The van der Waals surface area contributed by atoms with Gasteiger partial charge in [-0.2, -0.15) is 0 Å². The van der Waals surface area contributed by atoms with Crippen molar-refractivity contribution in [3.63, 3.8) is 0 Å². The maximum atomic E-state index is 12.4. The number of nitrogens with zero attached hydrogens (tertiary/aromatic N) is 1. The third-order valence-electron chi connectivity index (χ3n) is 3.89. The van der Waals surface area contributed by atoms with Crippen molar-refractivity contribution < 1.29 is 14.7 Å². The van der Waals surface area contributed by atoms with E-state index in [1.807, 2.05) is 4.90 Å². The van der Waals surface area contributed by atoms with E-state index in [0.29, 0.717) is 10.2 Å². The number of rotatable bonds is 2. The predicted molar refractivity (Wildman–Crippen MR) is 84.7 cm³/mol. The standard InChI is InChI=1S/C15H19BrN2O3/c1-9-4-3-5-10(2)18(9)15(21)17-13-7-6-11(14(19)20)8-12(13)16/h6-10H,3-5H2,1-2H3,(H,17,21)(H,19,20)/t9-,10+. The Morgan fingerprint density at radius 1 is 1.29 bits per heavy atom. The zero-order chi connectivity index (χ0) is 15.6. The lowest BCUT2D eigenvalue weighted by atomic mass is 9.98. The van der Waals surface area contributed by atoms with Crippen molar-refractivity contribution in [1.82, 2.24) is 4.90 Å². The molecule has 5 nitrogen and oxygen atoms in total. The van der Waals surface area contributed by atoms with E-state index in [1.54, 1.807) is 6.07 Å². The summed E-state index contributed by atoms with van der Waals surface area (Å²) in [5.74, 6) is -0.994. The molecule has 21 heavy (non-hydrogen) atoms. The van der Waals surface area contributed by atoms with Crippen LogP contribution in [0.3, 0.4) is 0 Å². The van der Waals surface area contributed by atoms with Crippen LogP contribution in [0.4, 0.5) is 10.5 Å². The fourth-order valence-electron chi connectivity index (χ4n) is 2.75. The number of urea groups is 1. The number of hydrogen-bond acceptors (Lipinski definition) is 2. The van der Waals surface area contributed by atoms with Crippen molar-refractivity contribution in [1.29, 1.82) is 0 Å². The number of carboxylic acids is 1. The number of carboxylic acid groups (broad SMARTS) is 1. The number of amides is 2. The Morgan fingerprint density at radius 3 is 2.43 bits per heavy atom. The van der Waals surface area contributed by atoms with Gasteiger partial charge >= 0.3 is 12.0 Å². The van der Waals surface area contributed by atoms with Crippen molar-refractivity contribution in [3.05, 3.63) is 28.2 Å². The number of halogens is 1. The minimum absolute atomic E-state index is 0.140. The fraction of sp³-hybridized carbons (Fsp3) is 0.467. The molecule has 1 saturated heterocycles. The quantitative estimate of drug-likeness (QED) is 0.844. The van der Waals surface area contributed by atoms with E-state index < -0.39 is 5.97 Å². The molecule has 1 fully saturated rings. The van der Waals surface area contributed by atoms with Crippen LogP contribution in [0.5, 0.6) is 0 Å². The van der Waals surface area contributed by atoms with Gasteiger partial charge in [-0.15, -0.1) is 0 Å². The molecule has 1 aliphatic heterocycles. The molecule has 2 N–H and O–H groups in total. The number of hydrogen-bond donors (Lipinski definition) is 2. The SMILES string of the molecule is C[C@@H]1CCC[C@H](C)N1C(=O)Nc1ccc(C(=O)O)cc1Br. The maximum absolute atomic E-state index is 12.4. The average Bonchev–Trinajstić information content (AvgIpc) is 2.40. The summed E-state index contributed by atoms with van der Waals surface area (Å²) in [6.07, 6.45) is 3.16. The number of anilines is 1. The molecule has 1 aromatic carbocycles. The van der Waals surface area contributed by atoms with Gasteiger partial charge in [0.15, 0.2) is 0 Å². The van der Waals surface area contributed by atoms with Crippen LogP contribution >= 0.6 is 15.9 Å². The molecule has 1 aromatic rings. The van der Waals surface area contributed by atoms with Crippen LogP contribution in [-0.4, -0.2) is 34.1 Å². The molecule has 0 bridgehead atoms. The third kappa shape index (κ3) is 3.56. The van der Waals surface area contributed by atoms with Gasteiger partial charge in [-0.1, -0.05) is 0 Å². The highest BCUT2D eigenvalue weighted by Gasteiger charge is 2.29. The first-order chi connectivity index (χ1) is 9.90. The van der Waals surface area contributed by atoms with Crippen LogP contribution in [0.1, 0.15) is 43.5 Å². The highest BCUT2D eigenvalue weighted by atomic mass is 79.9. The van der Waals surface area contributed by atoms with Gasteiger partial charge in [-0.25, -0.2) is 9.59 Å². The summed E-state index contributed by atoms with van der Waals surface area (Å²) in [7, 11) is 0. The molecular weight excluding hydrogens is 336 g/mol. The van der Waals surface area contributed by atoms with Crippen LogP contribution in [-0.2, 0) is 0 Å². The summed E-state index contributed by atoms with van der Waals surface area (Å²) in [5.41, 5.74) is 0.759. The Kier molecular flexibility index (Phi) is 4.88. The highest BCUT2D eigenvalue weighted by Crippen LogP contribution is 2.27. The summed E-state index contributed by atoms with van der Waals surface area (Å²) in [4.78, 5) is 25.2. The van der Waals surface area contributed by atoms with E-state index in [1.165, 1.54) is 12.1 Å². The van der Waals surface area contributed by atoms with E-state index in [9.17, 15) is 9.59 Å². The lowest BCUT2D eigenvalue weighted by Crippen LogP contribution is -2.49. The van der Waals surface area contributed by atoms with E-state index in [0.717, 1.165) is 19.3 Å². The third-order valence-corrected chi connectivity index (χ3v) is 4.54. The summed E-state index contributed by atoms with van der Waals surface area (Å²) < 4.78 is 0.563. The second kappa shape index (κ2) is 6.47. The van der Waals surface area contributed by atoms with Gasteiger partial charge in [0.05, 0.1) is 11.3 Å². The van der Waals surface area contributed by atoms with Crippen LogP contribution in [0, 0.1) is 0 Å². The van der Waals surface area contributed by atoms with Gasteiger partial charge < -0.3 is 15.3 Å². The molecule has 1 aliphatic rings. The zero-order valence-corrected chi connectivity index (χ0v) is 13.7. The van der Waals surface area contributed by atoms with Crippen LogP contribution < -0.4 is 5.32 Å². The Bertz CT molecular complexity index is 552. The molecule has 0 spiro atoms. The van der Waals surface area contributed by atoms with Crippen molar-refractivity contribution in [2.75, 3.05) is 5.32 Å². The highest BCUT2D eigenvalue weighted by molar-refractivity contribution is 9.10. The molecule has 0 unspecified atom stereocenters. The normalized spacial score (nSPS) is 22.0. The molecule has 2 amide bonds. The second-order valence-electron chi connectivity index (χ2n) is 5.47. The number of carbonyl (C=O) groups is 2. The minimum atomic E-state index is -0.994. The second-order valence-corrected chi connectivity index (χ2v) is 6.32. The monoisotopic (exact) mass is 354 g/mol. The largest absolute Gasteiger partial charge is 0.478 e. The molecule has 114 valence electrons. The van der Waals surface area contributed by atoms with Crippen molar-refractivity contribution in [2.45, 2.75) is 45.2 Å². The smallest absolute Gasteiger partial charge is 0.335 e. The van der Waals surface area contributed by atoms with Gasteiger partial charge in [0.2, 0.25) is 0 Å². The lowest BCUT2D eigenvalue weighted by Gasteiger charge is -2.38. The van der Waals surface area contributed by atoms with Crippen molar-refractivity contribution in [3.8, 4) is 0 Å². The topological polar surface area (TPSA) is 69.6 Å². The van der Waals surface area contributed by atoms with E-state index >= 15 is 0 Å². The summed E-state index contributed by atoms with van der Waals surface area (Å²) in [5, 5.41) is 11.8. The first kappa shape index (κ1) is 15.8. The number of aromatic carboxylic acids is 1. The molecular formula is C15H19BrN2O3. The van der Waals surface area contributed by atoms with Gasteiger partial charge in [-0.3, -0.25) is 0 Å². The summed E-state index contributed by atoms with van der Waals surface area (Å²) in [6, 6.07) is 4.85. The summed E-state index contributed by atoms with van der Waals surface area (Å²) >= 11 is 3.30. The predicted octanol–water partition coefficient (Wildman–Crippen LogP) is 3.94. The Labute approximate surface area is 132 Å². The minimum Gasteiger partial charge on any atom is -0.478 e. The lowest BCUT2D eigenvalue weighted by molar-refractivity contribution is 0.0697. The van der Waals surface area contributed by atoms with E-state index in [2.05, 4.69) is 35.1 Å². The maximum Gasteiger partial charge on any atom is 0.335 e. The number of piperidine rings is 1. The van der Waals surface area contributed by atoms with Crippen molar-refractivity contribution in [2.24, 2.45) is 0 Å².